The van der Waals surface area contributed by atoms with Gasteiger partial charge < -0.3 is 14.2 Å². The Kier molecular flexibility index (Phi) is 8.56. The molecule has 0 N–H and O–H groups in total. The number of halogens is 1. The summed E-state index contributed by atoms with van der Waals surface area (Å²) in [6.45, 7) is 6.08. The summed E-state index contributed by atoms with van der Waals surface area (Å²) in [5.74, 6) is 0.605. The highest BCUT2D eigenvalue weighted by molar-refractivity contribution is 9.10. The van der Waals surface area contributed by atoms with Gasteiger partial charge in [0.2, 0.25) is 0 Å². The van der Waals surface area contributed by atoms with Crippen molar-refractivity contribution in [2.45, 2.75) is 33.4 Å². The Bertz CT molecular complexity index is 1800. The molecule has 1 atom stereocenters. The van der Waals surface area contributed by atoms with E-state index in [0.717, 1.165) is 21.2 Å². The van der Waals surface area contributed by atoms with Gasteiger partial charge in [-0.1, -0.05) is 81.4 Å². The molecule has 7 nitrogen and oxygen atoms in total. The Morgan fingerprint density at radius 3 is 2.49 bits per heavy atom. The fourth-order valence-electron chi connectivity index (χ4n) is 4.69. The van der Waals surface area contributed by atoms with Crippen molar-refractivity contribution in [3.63, 3.8) is 0 Å². The predicted octanol–water partition coefficient (Wildman–Crippen LogP) is 5.46. The number of aromatic nitrogens is 1. The van der Waals surface area contributed by atoms with Crippen LogP contribution in [-0.2, 0) is 16.1 Å². The van der Waals surface area contributed by atoms with Crippen molar-refractivity contribution in [1.29, 1.82) is 0 Å². The summed E-state index contributed by atoms with van der Waals surface area (Å²) in [4.78, 5) is 32.3. The Morgan fingerprint density at radius 1 is 1.07 bits per heavy atom. The van der Waals surface area contributed by atoms with Crippen LogP contribution in [0.25, 0.3) is 6.08 Å². The van der Waals surface area contributed by atoms with E-state index in [9.17, 15) is 9.59 Å². The minimum absolute atomic E-state index is 0.222. The van der Waals surface area contributed by atoms with E-state index < -0.39 is 12.0 Å². The van der Waals surface area contributed by atoms with Gasteiger partial charge in [0, 0.05) is 10.0 Å². The number of carbonyl (C=O) groups excluding carboxylic acids is 1. The SMILES string of the molecule is CCOC(=O)C1=C(C)N=c2s/c(=C\c3cccc(OC)c3OCc3ccc(Br)cc3)c(=O)n2[C@@H]1c1ccc(C)cc1. The standard InChI is InChI=1S/C32H29BrN2O5S/c1-5-39-31(37)27-20(3)34-32-35(28(27)22-13-9-19(2)10-14-22)30(36)26(41-32)17-23-7-6-8-25(38-4)29(23)40-18-21-11-15-24(33)16-12-21/h6-17,28H,5,18H2,1-4H3/b26-17-/t28-/m1/s1. The number of methoxy groups -OCH3 is 1. The first kappa shape index (κ1) is 28.6. The van der Waals surface area contributed by atoms with E-state index in [2.05, 4.69) is 20.9 Å². The Balaban J connectivity index is 1.63. The Morgan fingerprint density at radius 2 is 1.80 bits per heavy atom. The maximum Gasteiger partial charge on any atom is 0.338 e. The highest BCUT2D eigenvalue weighted by Crippen LogP contribution is 2.33. The van der Waals surface area contributed by atoms with Gasteiger partial charge in [-0.15, -0.1) is 0 Å². The predicted molar refractivity (Wildman–Crippen MR) is 163 cm³/mol. The molecule has 1 aromatic heterocycles. The van der Waals surface area contributed by atoms with Crippen LogP contribution < -0.4 is 24.4 Å². The average Bonchev–Trinajstić information content (AvgIpc) is 3.26. The number of para-hydroxylation sites is 1. The first-order chi connectivity index (χ1) is 19.8. The van der Waals surface area contributed by atoms with Crippen molar-refractivity contribution < 1.29 is 19.0 Å². The van der Waals surface area contributed by atoms with Gasteiger partial charge in [-0.25, -0.2) is 9.79 Å². The van der Waals surface area contributed by atoms with Crippen LogP contribution in [-0.4, -0.2) is 24.3 Å². The number of ether oxygens (including phenoxy) is 3. The molecular formula is C32H29BrN2O5S. The van der Waals surface area contributed by atoms with Crippen molar-refractivity contribution >= 4 is 39.3 Å². The zero-order chi connectivity index (χ0) is 29.1. The maximum atomic E-state index is 14.0. The minimum Gasteiger partial charge on any atom is -0.493 e. The lowest BCUT2D eigenvalue weighted by atomic mass is 9.95. The molecule has 3 aromatic carbocycles. The van der Waals surface area contributed by atoms with Gasteiger partial charge in [-0.3, -0.25) is 9.36 Å². The fraction of sp³-hybridized carbons (Fsp3) is 0.219. The van der Waals surface area contributed by atoms with Gasteiger partial charge in [0.25, 0.3) is 5.56 Å². The number of allylic oxidation sites excluding steroid dienone is 1. The van der Waals surface area contributed by atoms with Crippen LogP contribution in [0, 0.1) is 6.92 Å². The highest BCUT2D eigenvalue weighted by Gasteiger charge is 2.33. The molecular weight excluding hydrogens is 604 g/mol. The average molecular weight is 634 g/mol. The minimum atomic E-state index is -0.661. The van der Waals surface area contributed by atoms with Crippen molar-refractivity contribution in [2.24, 2.45) is 4.99 Å². The van der Waals surface area contributed by atoms with E-state index in [1.54, 1.807) is 31.6 Å². The zero-order valence-corrected chi connectivity index (χ0v) is 25.5. The van der Waals surface area contributed by atoms with Crippen LogP contribution in [0.2, 0.25) is 0 Å². The molecule has 0 saturated heterocycles. The molecule has 210 valence electrons. The number of aryl methyl sites for hydroxylation is 1. The van der Waals surface area contributed by atoms with Crippen LogP contribution >= 0.6 is 27.3 Å². The normalized spacial score (nSPS) is 14.9. The molecule has 5 rings (SSSR count). The molecule has 4 aromatic rings. The Hall–Kier alpha value is -3.95. The highest BCUT2D eigenvalue weighted by atomic mass is 79.9. The molecule has 41 heavy (non-hydrogen) atoms. The lowest BCUT2D eigenvalue weighted by Gasteiger charge is -2.24. The molecule has 1 aliphatic rings. The molecule has 1 aliphatic heterocycles. The first-order valence-electron chi connectivity index (χ1n) is 13.1. The topological polar surface area (TPSA) is 79.1 Å². The summed E-state index contributed by atoms with van der Waals surface area (Å²) in [5, 5.41) is 0. The van der Waals surface area contributed by atoms with Crippen molar-refractivity contribution in [3.8, 4) is 11.5 Å². The molecule has 0 bridgehead atoms. The molecule has 0 radical (unpaired) electrons. The van der Waals surface area contributed by atoms with Gasteiger partial charge in [-0.2, -0.15) is 0 Å². The van der Waals surface area contributed by atoms with E-state index >= 15 is 0 Å². The first-order valence-corrected chi connectivity index (χ1v) is 14.7. The number of hydrogen-bond donors (Lipinski definition) is 0. The second kappa shape index (κ2) is 12.3. The lowest BCUT2D eigenvalue weighted by Crippen LogP contribution is -2.39. The molecule has 0 amide bonds. The number of nitrogens with zero attached hydrogens (tertiary/aromatic N) is 2. The van der Waals surface area contributed by atoms with Gasteiger partial charge in [0.15, 0.2) is 16.3 Å². The van der Waals surface area contributed by atoms with E-state index in [-0.39, 0.29) is 12.2 Å². The zero-order valence-electron chi connectivity index (χ0n) is 23.1. The number of rotatable bonds is 8. The van der Waals surface area contributed by atoms with E-state index in [0.29, 0.717) is 44.3 Å². The van der Waals surface area contributed by atoms with Crippen molar-refractivity contribution in [3.05, 3.63) is 124 Å². The van der Waals surface area contributed by atoms with Crippen LogP contribution in [0.3, 0.4) is 0 Å². The monoisotopic (exact) mass is 632 g/mol. The number of thiazole rings is 1. The van der Waals surface area contributed by atoms with E-state index in [4.69, 9.17) is 14.2 Å². The third kappa shape index (κ3) is 5.92. The molecule has 0 aliphatic carbocycles. The smallest absolute Gasteiger partial charge is 0.338 e. The number of benzene rings is 3. The summed E-state index contributed by atoms with van der Waals surface area (Å²) in [7, 11) is 1.58. The van der Waals surface area contributed by atoms with Gasteiger partial charge in [0.05, 0.1) is 35.6 Å². The molecule has 9 heteroatoms. The second-order valence-corrected chi connectivity index (χ2v) is 11.4. The Labute approximate surface area is 250 Å². The largest absolute Gasteiger partial charge is 0.493 e. The summed E-state index contributed by atoms with van der Waals surface area (Å²) < 4.78 is 20.2. The van der Waals surface area contributed by atoms with Crippen LogP contribution in [0.5, 0.6) is 11.5 Å². The third-order valence-electron chi connectivity index (χ3n) is 6.72. The molecule has 0 spiro atoms. The fourth-order valence-corrected chi connectivity index (χ4v) is 6.00. The van der Waals surface area contributed by atoms with Crippen LogP contribution in [0.4, 0.5) is 0 Å². The maximum absolute atomic E-state index is 14.0. The molecule has 0 saturated carbocycles. The van der Waals surface area contributed by atoms with Gasteiger partial charge in [0.1, 0.15) is 6.61 Å². The lowest BCUT2D eigenvalue weighted by molar-refractivity contribution is -0.139. The van der Waals surface area contributed by atoms with Crippen molar-refractivity contribution in [1.82, 2.24) is 4.57 Å². The molecule has 0 unspecified atom stereocenters. The number of esters is 1. The van der Waals surface area contributed by atoms with Gasteiger partial charge in [-0.05, 0) is 56.2 Å². The van der Waals surface area contributed by atoms with Crippen LogP contribution in [0.15, 0.2) is 92.3 Å². The summed E-state index contributed by atoms with van der Waals surface area (Å²) in [5.41, 5.74) is 4.20. The quantitative estimate of drug-likeness (QED) is 0.241. The summed E-state index contributed by atoms with van der Waals surface area (Å²) in [6, 6.07) is 20.6. The molecule has 0 fully saturated rings. The number of hydrogen-bond acceptors (Lipinski definition) is 7. The second-order valence-electron chi connectivity index (χ2n) is 9.51. The van der Waals surface area contributed by atoms with Crippen molar-refractivity contribution in [2.75, 3.05) is 13.7 Å². The number of carbonyl (C=O) groups is 1. The third-order valence-corrected chi connectivity index (χ3v) is 8.23. The molecule has 2 heterocycles. The summed E-state index contributed by atoms with van der Waals surface area (Å²) >= 11 is 4.72. The van der Waals surface area contributed by atoms with E-state index in [1.807, 2.05) is 73.7 Å². The van der Waals surface area contributed by atoms with Gasteiger partial charge >= 0.3 is 5.97 Å². The van der Waals surface area contributed by atoms with Crippen LogP contribution in [0.1, 0.15) is 42.1 Å². The summed E-state index contributed by atoms with van der Waals surface area (Å²) in [6.07, 6.45) is 1.79. The number of fused-ring (bicyclic) bond motifs is 1. The van der Waals surface area contributed by atoms with E-state index in [1.165, 1.54) is 11.3 Å².